The average Bonchev–Trinajstić information content (AvgIpc) is 2.69. The van der Waals surface area contributed by atoms with Gasteiger partial charge in [-0.3, -0.25) is 4.72 Å². The Morgan fingerprint density at radius 2 is 1.53 bits per heavy atom. The number of aryl methyl sites for hydroxylation is 1. The number of hydrogen-bond donors (Lipinski definition) is 2. The molecule has 0 spiro atoms. The first-order chi connectivity index (χ1) is 14.0. The predicted octanol–water partition coefficient (Wildman–Crippen LogP) is 2.01. The number of piperidine rings is 1. The van der Waals surface area contributed by atoms with E-state index in [0.717, 1.165) is 15.6 Å². The molecule has 2 aromatic carbocycles. The Balaban J connectivity index is 1.89. The molecular formula is C20H27N3O5S2. The van der Waals surface area contributed by atoms with Crippen LogP contribution in [0.15, 0.2) is 52.3 Å². The van der Waals surface area contributed by atoms with Gasteiger partial charge in [-0.2, -0.15) is 0 Å². The molecule has 0 saturated carbocycles. The van der Waals surface area contributed by atoms with E-state index in [1.165, 1.54) is 38.4 Å². The highest BCUT2D eigenvalue weighted by atomic mass is 32.2. The highest BCUT2D eigenvalue weighted by molar-refractivity contribution is 7.92. The van der Waals surface area contributed by atoms with Gasteiger partial charge in [-0.25, -0.2) is 21.1 Å². The highest BCUT2D eigenvalue weighted by Crippen LogP contribution is 2.31. The molecule has 0 amide bonds. The van der Waals surface area contributed by atoms with Crippen molar-refractivity contribution in [2.45, 2.75) is 35.7 Å². The molecule has 1 saturated heterocycles. The number of hydrogen-bond acceptors (Lipinski definition) is 6. The number of rotatable bonds is 6. The zero-order chi connectivity index (χ0) is 22.1. The zero-order valence-electron chi connectivity index (χ0n) is 17.2. The summed E-state index contributed by atoms with van der Waals surface area (Å²) < 4.78 is 54.0. The lowest BCUT2D eigenvalue weighted by atomic mass is 10.1. The fourth-order valence-electron chi connectivity index (χ4n) is 3.32. The predicted molar refractivity (Wildman–Crippen MR) is 117 cm³/mol. The van der Waals surface area contributed by atoms with Crippen LogP contribution in [0.1, 0.15) is 18.4 Å². The largest absolute Gasteiger partial charge is 0.393 e. The molecule has 0 atom stereocenters. The third kappa shape index (κ3) is 4.77. The number of sulfonamides is 2. The molecule has 0 bridgehead atoms. The fraction of sp³-hybridized carbons (Fsp3) is 0.400. The molecular weight excluding hydrogens is 426 g/mol. The van der Waals surface area contributed by atoms with E-state index in [4.69, 9.17) is 0 Å². The van der Waals surface area contributed by atoms with Gasteiger partial charge >= 0.3 is 0 Å². The summed E-state index contributed by atoms with van der Waals surface area (Å²) in [5, 5.41) is 9.75. The Kier molecular flexibility index (Phi) is 6.42. The Labute approximate surface area is 178 Å². The molecule has 164 valence electrons. The van der Waals surface area contributed by atoms with Gasteiger partial charge in [0.05, 0.1) is 27.3 Å². The van der Waals surface area contributed by atoms with Crippen LogP contribution < -0.4 is 9.62 Å². The SMILES string of the molecule is Cc1ccc(N2CCC(O)CC2)c(NS(=O)(=O)c2ccc(S(=O)(=O)N(C)C)cc2)c1. The van der Waals surface area contributed by atoms with Crippen molar-refractivity contribution in [3.63, 3.8) is 0 Å². The van der Waals surface area contributed by atoms with E-state index < -0.39 is 20.0 Å². The van der Waals surface area contributed by atoms with E-state index in [0.29, 0.717) is 31.6 Å². The third-order valence-corrected chi connectivity index (χ3v) is 8.32. The molecule has 1 fully saturated rings. The van der Waals surface area contributed by atoms with Crippen LogP contribution in [0.25, 0.3) is 0 Å². The van der Waals surface area contributed by atoms with Crippen molar-refractivity contribution in [3.8, 4) is 0 Å². The van der Waals surface area contributed by atoms with Gasteiger partial charge in [0.2, 0.25) is 10.0 Å². The Morgan fingerprint density at radius 1 is 0.967 bits per heavy atom. The summed E-state index contributed by atoms with van der Waals surface area (Å²) in [4.78, 5) is 2.05. The second kappa shape index (κ2) is 8.54. The average molecular weight is 454 g/mol. The molecule has 1 aliphatic heterocycles. The maximum Gasteiger partial charge on any atom is 0.261 e. The normalized spacial score (nSPS) is 16.1. The van der Waals surface area contributed by atoms with E-state index in [9.17, 15) is 21.9 Å². The van der Waals surface area contributed by atoms with E-state index >= 15 is 0 Å². The Hall–Kier alpha value is -2.14. The molecule has 0 aliphatic carbocycles. The monoisotopic (exact) mass is 453 g/mol. The van der Waals surface area contributed by atoms with Crippen LogP contribution in [-0.4, -0.2) is 59.5 Å². The van der Waals surface area contributed by atoms with Crippen molar-refractivity contribution in [1.82, 2.24) is 4.31 Å². The number of aliphatic hydroxyl groups is 1. The van der Waals surface area contributed by atoms with Crippen molar-refractivity contribution in [3.05, 3.63) is 48.0 Å². The first-order valence-electron chi connectivity index (χ1n) is 9.60. The zero-order valence-corrected chi connectivity index (χ0v) is 18.9. The van der Waals surface area contributed by atoms with Crippen molar-refractivity contribution >= 4 is 31.4 Å². The van der Waals surface area contributed by atoms with E-state index in [-0.39, 0.29) is 15.9 Å². The summed E-state index contributed by atoms with van der Waals surface area (Å²) in [6, 6.07) is 10.7. The minimum absolute atomic E-state index is 0.0227. The minimum atomic E-state index is -3.92. The Morgan fingerprint density at radius 3 is 2.10 bits per heavy atom. The summed E-state index contributed by atoms with van der Waals surface area (Å²) in [5.41, 5.74) is 2.11. The van der Waals surface area contributed by atoms with Gasteiger partial charge in [0.25, 0.3) is 10.0 Å². The standard InChI is InChI=1S/C20H27N3O5S2/c1-15-4-9-20(23-12-10-16(24)11-13-23)19(14-15)21-29(25,26)17-5-7-18(8-6-17)30(27,28)22(2)3/h4-9,14,16,21,24H,10-13H2,1-3H3. The fourth-order valence-corrected chi connectivity index (χ4v) is 5.29. The van der Waals surface area contributed by atoms with Gasteiger partial charge in [-0.1, -0.05) is 6.07 Å². The van der Waals surface area contributed by atoms with Crippen molar-refractivity contribution < 1.29 is 21.9 Å². The molecule has 2 N–H and O–H groups in total. The smallest absolute Gasteiger partial charge is 0.261 e. The van der Waals surface area contributed by atoms with Gasteiger partial charge in [-0.05, 0) is 61.7 Å². The first kappa shape index (κ1) is 22.5. The van der Waals surface area contributed by atoms with Crippen molar-refractivity contribution in [2.75, 3.05) is 36.8 Å². The lowest BCUT2D eigenvalue weighted by Crippen LogP contribution is -2.36. The molecule has 0 radical (unpaired) electrons. The molecule has 30 heavy (non-hydrogen) atoms. The second-order valence-corrected chi connectivity index (χ2v) is 11.4. The minimum Gasteiger partial charge on any atom is -0.393 e. The molecule has 1 heterocycles. The van der Waals surface area contributed by atoms with Gasteiger partial charge in [-0.15, -0.1) is 0 Å². The summed E-state index contributed by atoms with van der Waals surface area (Å²) in [6.07, 6.45) is 0.924. The molecule has 8 nitrogen and oxygen atoms in total. The highest BCUT2D eigenvalue weighted by Gasteiger charge is 2.23. The third-order valence-electron chi connectivity index (χ3n) is 5.11. The van der Waals surface area contributed by atoms with Gasteiger partial charge in [0.15, 0.2) is 0 Å². The number of nitrogens with one attached hydrogen (secondary N) is 1. The summed E-state index contributed by atoms with van der Waals surface area (Å²) in [7, 11) is -4.72. The number of nitrogens with zero attached hydrogens (tertiary/aromatic N) is 2. The number of benzene rings is 2. The number of aliphatic hydroxyl groups excluding tert-OH is 1. The van der Waals surface area contributed by atoms with Gasteiger partial charge in [0.1, 0.15) is 0 Å². The summed E-state index contributed by atoms with van der Waals surface area (Å²) in [6.45, 7) is 3.15. The van der Waals surface area contributed by atoms with Crippen molar-refractivity contribution in [2.24, 2.45) is 0 Å². The van der Waals surface area contributed by atoms with Crippen LogP contribution >= 0.6 is 0 Å². The quantitative estimate of drug-likeness (QED) is 0.693. The van der Waals surface area contributed by atoms with Crippen molar-refractivity contribution in [1.29, 1.82) is 0 Å². The number of anilines is 2. The maximum atomic E-state index is 13.0. The first-order valence-corrected chi connectivity index (χ1v) is 12.5. The van der Waals surface area contributed by atoms with Gasteiger partial charge < -0.3 is 10.0 Å². The molecule has 10 heteroatoms. The molecule has 1 aliphatic rings. The second-order valence-electron chi connectivity index (χ2n) is 7.60. The molecule has 0 aromatic heterocycles. The Bertz CT molecular complexity index is 1110. The van der Waals surface area contributed by atoms with Crippen LogP contribution in [0.5, 0.6) is 0 Å². The van der Waals surface area contributed by atoms with Gasteiger partial charge in [0, 0.05) is 27.2 Å². The molecule has 2 aromatic rings. The van der Waals surface area contributed by atoms with E-state index in [2.05, 4.69) is 9.62 Å². The van der Waals surface area contributed by atoms with Crippen LogP contribution in [0, 0.1) is 6.92 Å². The van der Waals surface area contributed by atoms with Crippen LogP contribution in [0.3, 0.4) is 0 Å². The summed E-state index contributed by atoms with van der Waals surface area (Å²) >= 11 is 0. The van der Waals surface area contributed by atoms with Crippen LogP contribution in [0.2, 0.25) is 0 Å². The maximum absolute atomic E-state index is 13.0. The summed E-state index contributed by atoms with van der Waals surface area (Å²) in [5.74, 6) is 0. The topological polar surface area (TPSA) is 107 Å². The van der Waals surface area contributed by atoms with Crippen LogP contribution in [-0.2, 0) is 20.0 Å². The van der Waals surface area contributed by atoms with E-state index in [1.807, 2.05) is 19.1 Å². The lowest BCUT2D eigenvalue weighted by Gasteiger charge is -2.33. The lowest BCUT2D eigenvalue weighted by molar-refractivity contribution is 0.145. The van der Waals surface area contributed by atoms with Crippen LogP contribution in [0.4, 0.5) is 11.4 Å². The molecule has 0 unspecified atom stereocenters. The molecule has 3 rings (SSSR count). The van der Waals surface area contributed by atoms with E-state index in [1.54, 1.807) is 6.07 Å².